The lowest BCUT2D eigenvalue weighted by Crippen LogP contribution is -2.46. The average molecular weight is 719 g/mol. The van der Waals surface area contributed by atoms with E-state index in [1.54, 1.807) is 19.2 Å². The Labute approximate surface area is 297 Å². The van der Waals surface area contributed by atoms with Crippen molar-refractivity contribution in [2.24, 2.45) is 0 Å². The van der Waals surface area contributed by atoms with Crippen molar-refractivity contribution < 1.29 is 33.6 Å². The predicted molar refractivity (Wildman–Crippen MR) is 190 cm³/mol. The van der Waals surface area contributed by atoms with Crippen LogP contribution in [0.25, 0.3) is 10.9 Å². The zero-order chi connectivity index (χ0) is 35.0. The SMILES string of the molecule is COc1cc(Nc2c(C#N)cnc3cc(OCCCN4CCN(CCCCCCOCCOCC(=O)O)CC4)c(OC)cc23)c(Cl)cc1Cl. The first-order chi connectivity index (χ1) is 23.8. The zero-order valence-corrected chi connectivity index (χ0v) is 29.7. The molecule has 0 spiro atoms. The molecule has 1 aromatic heterocycles. The molecule has 0 amide bonds. The van der Waals surface area contributed by atoms with Gasteiger partial charge in [-0.3, -0.25) is 4.98 Å². The first-order valence-electron chi connectivity index (χ1n) is 16.5. The summed E-state index contributed by atoms with van der Waals surface area (Å²) in [5.74, 6) is 0.616. The van der Waals surface area contributed by atoms with E-state index in [0.717, 1.165) is 58.5 Å². The van der Waals surface area contributed by atoms with Crippen molar-refractivity contribution in [2.75, 3.05) is 91.8 Å². The Bertz CT molecular complexity index is 1560. The summed E-state index contributed by atoms with van der Waals surface area (Å²) in [6.45, 7) is 7.97. The number of unbranched alkanes of at least 4 members (excludes halogenated alkanes) is 3. The lowest BCUT2D eigenvalue weighted by Gasteiger charge is -2.34. The van der Waals surface area contributed by atoms with Gasteiger partial charge >= 0.3 is 5.97 Å². The van der Waals surface area contributed by atoms with Crippen molar-refractivity contribution >= 4 is 51.4 Å². The van der Waals surface area contributed by atoms with Crippen LogP contribution in [0, 0.1) is 11.3 Å². The fourth-order valence-electron chi connectivity index (χ4n) is 5.59. The highest BCUT2D eigenvalue weighted by Gasteiger charge is 2.18. The number of carboxylic acid groups (broad SMARTS) is 1. The number of anilines is 2. The largest absolute Gasteiger partial charge is 0.495 e. The Morgan fingerprint density at radius 2 is 1.55 bits per heavy atom. The van der Waals surface area contributed by atoms with Gasteiger partial charge in [0.1, 0.15) is 18.4 Å². The molecule has 2 aromatic carbocycles. The molecule has 14 heteroatoms. The molecule has 49 heavy (non-hydrogen) atoms. The van der Waals surface area contributed by atoms with Gasteiger partial charge in [-0.2, -0.15) is 5.26 Å². The van der Waals surface area contributed by atoms with Gasteiger partial charge in [-0.15, -0.1) is 0 Å². The van der Waals surface area contributed by atoms with Crippen LogP contribution in [0.15, 0.2) is 30.5 Å². The van der Waals surface area contributed by atoms with E-state index in [2.05, 4.69) is 26.2 Å². The molecule has 0 radical (unpaired) electrons. The van der Waals surface area contributed by atoms with E-state index in [-0.39, 0.29) is 6.61 Å². The fourth-order valence-corrected chi connectivity index (χ4v) is 6.09. The van der Waals surface area contributed by atoms with Crippen LogP contribution in [0.3, 0.4) is 0 Å². The number of nitrogens with one attached hydrogen (secondary N) is 1. The Hall–Kier alpha value is -3.57. The van der Waals surface area contributed by atoms with Gasteiger partial charge in [-0.25, -0.2) is 4.79 Å². The lowest BCUT2D eigenvalue weighted by atomic mass is 10.1. The van der Waals surface area contributed by atoms with Crippen LogP contribution < -0.4 is 19.5 Å². The summed E-state index contributed by atoms with van der Waals surface area (Å²) >= 11 is 12.7. The summed E-state index contributed by atoms with van der Waals surface area (Å²) in [6, 6.07) is 9.12. The second kappa shape index (κ2) is 20.2. The van der Waals surface area contributed by atoms with E-state index in [1.165, 1.54) is 26.1 Å². The van der Waals surface area contributed by atoms with Gasteiger partial charge in [0, 0.05) is 63.0 Å². The van der Waals surface area contributed by atoms with Gasteiger partial charge in [0.15, 0.2) is 11.5 Å². The van der Waals surface area contributed by atoms with Crippen molar-refractivity contribution in [2.45, 2.75) is 32.1 Å². The number of pyridine rings is 1. The third kappa shape index (κ3) is 11.8. The molecule has 2 heterocycles. The highest BCUT2D eigenvalue weighted by Crippen LogP contribution is 2.40. The number of halogens is 2. The maximum atomic E-state index is 10.4. The molecule has 1 aliphatic rings. The first kappa shape index (κ1) is 38.2. The van der Waals surface area contributed by atoms with Gasteiger partial charge in [-0.05, 0) is 37.9 Å². The van der Waals surface area contributed by atoms with E-state index in [9.17, 15) is 10.1 Å². The van der Waals surface area contributed by atoms with Gasteiger partial charge in [-0.1, -0.05) is 36.0 Å². The summed E-state index contributed by atoms with van der Waals surface area (Å²) < 4.78 is 27.6. The van der Waals surface area contributed by atoms with Crippen molar-refractivity contribution in [3.05, 3.63) is 46.1 Å². The third-order valence-corrected chi connectivity index (χ3v) is 8.83. The van der Waals surface area contributed by atoms with E-state index in [1.807, 2.05) is 12.1 Å². The number of nitriles is 1. The normalized spacial score (nSPS) is 13.7. The van der Waals surface area contributed by atoms with Gasteiger partial charge in [0.2, 0.25) is 0 Å². The Kier molecular flexibility index (Phi) is 15.8. The molecule has 1 aliphatic heterocycles. The number of methoxy groups -OCH3 is 2. The number of aliphatic carboxylic acids is 1. The number of rotatable bonds is 21. The van der Waals surface area contributed by atoms with Crippen molar-refractivity contribution in [3.63, 3.8) is 0 Å². The number of ether oxygens (including phenoxy) is 5. The van der Waals surface area contributed by atoms with E-state index in [4.69, 9.17) is 52.0 Å². The van der Waals surface area contributed by atoms with Crippen LogP contribution in [0.4, 0.5) is 11.4 Å². The minimum atomic E-state index is -0.962. The van der Waals surface area contributed by atoms with Crippen LogP contribution in [0.5, 0.6) is 17.2 Å². The fraction of sp³-hybridized carbons (Fsp3) is 0.514. The predicted octanol–water partition coefficient (Wildman–Crippen LogP) is 6.24. The summed E-state index contributed by atoms with van der Waals surface area (Å²) in [7, 11) is 3.11. The molecule has 0 saturated carbocycles. The maximum absolute atomic E-state index is 10.4. The molecule has 0 atom stereocenters. The molecule has 1 fully saturated rings. The first-order valence-corrected chi connectivity index (χ1v) is 17.2. The molecule has 1 saturated heterocycles. The van der Waals surface area contributed by atoms with Gasteiger partial charge in [0.05, 0.1) is 66.5 Å². The molecule has 12 nitrogen and oxygen atoms in total. The molecule has 0 bridgehead atoms. The number of aromatic nitrogens is 1. The Morgan fingerprint density at radius 1 is 0.857 bits per heavy atom. The maximum Gasteiger partial charge on any atom is 0.329 e. The van der Waals surface area contributed by atoms with E-state index in [0.29, 0.717) is 81.6 Å². The summed E-state index contributed by atoms with van der Waals surface area (Å²) in [5.41, 5.74) is 2.05. The molecular weight excluding hydrogens is 673 g/mol. The van der Waals surface area contributed by atoms with E-state index < -0.39 is 5.97 Å². The highest BCUT2D eigenvalue weighted by atomic mass is 35.5. The second-order valence-electron chi connectivity index (χ2n) is 11.6. The second-order valence-corrected chi connectivity index (χ2v) is 12.4. The molecule has 3 aromatic rings. The molecular formula is C35H45Cl2N5O7. The van der Waals surface area contributed by atoms with Crippen LogP contribution in [0.1, 0.15) is 37.7 Å². The number of fused-ring (bicyclic) bond motifs is 1. The van der Waals surface area contributed by atoms with Gasteiger partial charge in [0.25, 0.3) is 0 Å². The number of hydrogen-bond donors (Lipinski definition) is 2. The molecule has 4 rings (SSSR count). The Balaban J connectivity index is 1.19. The van der Waals surface area contributed by atoms with Crippen LogP contribution in [0.2, 0.25) is 10.0 Å². The number of piperazine rings is 1. The summed E-state index contributed by atoms with van der Waals surface area (Å²) in [6.07, 6.45) is 6.88. The quantitative estimate of drug-likeness (QED) is 0.121. The third-order valence-electron chi connectivity index (χ3n) is 8.23. The van der Waals surface area contributed by atoms with Crippen LogP contribution in [-0.4, -0.2) is 112 Å². The lowest BCUT2D eigenvalue weighted by molar-refractivity contribution is -0.142. The smallest absolute Gasteiger partial charge is 0.329 e. The minimum Gasteiger partial charge on any atom is -0.495 e. The molecule has 2 N–H and O–H groups in total. The highest BCUT2D eigenvalue weighted by molar-refractivity contribution is 6.37. The van der Waals surface area contributed by atoms with Crippen molar-refractivity contribution in [1.82, 2.24) is 14.8 Å². The van der Waals surface area contributed by atoms with Crippen molar-refractivity contribution in [1.29, 1.82) is 5.26 Å². The number of carbonyl (C=O) groups is 1. The van der Waals surface area contributed by atoms with Crippen molar-refractivity contribution in [3.8, 4) is 23.3 Å². The van der Waals surface area contributed by atoms with Crippen LogP contribution >= 0.6 is 23.2 Å². The summed E-state index contributed by atoms with van der Waals surface area (Å²) in [4.78, 5) is 19.9. The standard InChI is InChI=1S/C35H45Cl2N5O7/c1-45-31-21-30(27(36)19-28(31)37)40-35-25(22-38)23-39-29-20-33(32(46-2)18-26(29)35)49-15-7-9-42-12-10-41(11-13-42)8-5-3-4-6-14-47-16-17-48-24-34(43)44/h18-21,23H,3-17,24H2,1-2H3,(H,39,40)(H,43,44). The number of benzene rings is 2. The van der Waals surface area contributed by atoms with Crippen LogP contribution in [-0.2, 0) is 14.3 Å². The zero-order valence-electron chi connectivity index (χ0n) is 28.1. The monoisotopic (exact) mass is 717 g/mol. The van der Waals surface area contributed by atoms with E-state index >= 15 is 0 Å². The molecule has 266 valence electrons. The Morgan fingerprint density at radius 3 is 2.24 bits per heavy atom. The number of hydrogen-bond acceptors (Lipinski definition) is 11. The average Bonchev–Trinajstić information content (AvgIpc) is 3.10. The molecule has 0 unspecified atom stereocenters. The number of nitrogens with zero attached hydrogens (tertiary/aromatic N) is 4. The topological polar surface area (TPSA) is 139 Å². The molecule has 0 aliphatic carbocycles. The number of carboxylic acids is 1. The summed E-state index contributed by atoms with van der Waals surface area (Å²) in [5, 5.41) is 23.1. The van der Waals surface area contributed by atoms with Gasteiger partial charge < -0.3 is 43.9 Å². The minimum absolute atomic E-state index is 0.278.